The highest BCUT2D eigenvalue weighted by Gasteiger charge is 2.21. The summed E-state index contributed by atoms with van der Waals surface area (Å²) >= 11 is 1.64. The lowest BCUT2D eigenvalue weighted by Crippen LogP contribution is -2.37. The summed E-state index contributed by atoms with van der Waals surface area (Å²) < 4.78 is 18.8. The van der Waals surface area contributed by atoms with Crippen molar-refractivity contribution in [3.8, 4) is 5.75 Å². The van der Waals surface area contributed by atoms with Gasteiger partial charge in [0.25, 0.3) is 0 Å². The number of ether oxygens (including phenoxy) is 1. The first-order valence-electron chi connectivity index (χ1n) is 7.27. The van der Waals surface area contributed by atoms with Crippen LogP contribution in [0.1, 0.15) is 18.5 Å². The molecule has 5 heteroatoms. The molecule has 112 valence electrons. The maximum atomic E-state index is 13.1. The van der Waals surface area contributed by atoms with E-state index in [1.807, 2.05) is 5.51 Å². The van der Waals surface area contributed by atoms with Crippen LogP contribution in [-0.2, 0) is 6.54 Å². The topological polar surface area (TPSA) is 25.4 Å². The summed E-state index contributed by atoms with van der Waals surface area (Å²) in [5.41, 5.74) is 3.02. The highest BCUT2D eigenvalue weighted by molar-refractivity contribution is 7.07. The predicted molar refractivity (Wildman–Crippen MR) is 82.0 cm³/mol. The first-order chi connectivity index (χ1) is 10.3. The van der Waals surface area contributed by atoms with Crippen molar-refractivity contribution < 1.29 is 9.13 Å². The maximum Gasteiger partial charge on any atom is 0.126 e. The van der Waals surface area contributed by atoms with Gasteiger partial charge in [0.1, 0.15) is 11.6 Å². The fourth-order valence-electron chi connectivity index (χ4n) is 2.75. The van der Waals surface area contributed by atoms with E-state index in [9.17, 15) is 4.39 Å². The zero-order valence-corrected chi connectivity index (χ0v) is 12.7. The molecule has 1 aliphatic rings. The molecule has 1 fully saturated rings. The molecule has 1 aromatic carbocycles. The number of hydrogen-bond donors (Lipinski definition) is 0. The standard InChI is InChI=1S/C16H19FN2OS/c17-14-4-1-5-16(7-14)20-10-13-3-2-6-19(8-13)9-15-11-21-12-18-15/h1,4-5,7,11-13H,2-3,6,8-10H2. The molecule has 0 spiro atoms. The van der Waals surface area contributed by atoms with Gasteiger partial charge in [0.05, 0.1) is 17.8 Å². The second kappa shape index (κ2) is 7.00. The number of nitrogens with zero attached hydrogens (tertiary/aromatic N) is 2. The normalized spacial score (nSPS) is 19.6. The molecule has 3 rings (SSSR count). The molecule has 0 bridgehead atoms. The number of thiazole rings is 1. The molecule has 1 saturated heterocycles. The minimum Gasteiger partial charge on any atom is -0.493 e. The number of likely N-dealkylation sites (tertiary alicyclic amines) is 1. The molecule has 0 aliphatic carbocycles. The second-order valence-corrected chi connectivity index (χ2v) is 6.21. The van der Waals surface area contributed by atoms with Crippen molar-refractivity contribution >= 4 is 11.3 Å². The van der Waals surface area contributed by atoms with E-state index >= 15 is 0 Å². The average molecular weight is 306 g/mol. The molecule has 1 atom stereocenters. The molecule has 0 amide bonds. The van der Waals surface area contributed by atoms with E-state index in [-0.39, 0.29) is 5.82 Å². The molecule has 0 saturated carbocycles. The largest absolute Gasteiger partial charge is 0.493 e. The van der Waals surface area contributed by atoms with Gasteiger partial charge in [-0.1, -0.05) is 6.07 Å². The van der Waals surface area contributed by atoms with Gasteiger partial charge in [-0.3, -0.25) is 4.90 Å². The summed E-state index contributed by atoms with van der Waals surface area (Å²) in [6.45, 7) is 3.71. The third-order valence-corrected chi connectivity index (χ3v) is 4.39. The first-order valence-corrected chi connectivity index (χ1v) is 8.21. The molecule has 1 aromatic heterocycles. The molecule has 0 N–H and O–H groups in total. The minimum atomic E-state index is -0.249. The predicted octanol–water partition coefficient (Wildman–Crippen LogP) is 3.57. The summed E-state index contributed by atoms with van der Waals surface area (Å²) in [7, 11) is 0. The van der Waals surface area contributed by atoms with Gasteiger partial charge >= 0.3 is 0 Å². The summed E-state index contributed by atoms with van der Waals surface area (Å²) in [6, 6.07) is 6.36. The Morgan fingerprint density at radius 2 is 2.38 bits per heavy atom. The van der Waals surface area contributed by atoms with E-state index in [2.05, 4.69) is 15.3 Å². The van der Waals surface area contributed by atoms with Crippen LogP contribution in [0.2, 0.25) is 0 Å². The SMILES string of the molecule is Fc1cccc(OCC2CCCN(Cc3cscn3)C2)c1. The van der Waals surface area contributed by atoms with Gasteiger partial charge in [-0.05, 0) is 31.5 Å². The minimum absolute atomic E-state index is 0.249. The van der Waals surface area contributed by atoms with Gasteiger partial charge < -0.3 is 4.74 Å². The van der Waals surface area contributed by atoms with Crippen molar-refractivity contribution in [3.63, 3.8) is 0 Å². The Labute approximate surface area is 128 Å². The molecule has 2 heterocycles. The Balaban J connectivity index is 1.49. The summed E-state index contributed by atoms with van der Waals surface area (Å²) in [5, 5.41) is 2.10. The van der Waals surface area contributed by atoms with Crippen LogP contribution >= 0.6 is 11.3 Å². The van der Waals surface area contributed by atoms with Crippen LogP contribution in [0.5, 0.6) is 5.75 Å². The van der Waals surface area contributed by atoms with E-state index in [1.54, 1.807) is 23.5 Å². The molecule has 21 heavy (non-hydrogen) atoms. The quantitative estimate of drug-likeness (QED) is 0.844. The smallest absolute Gasteiger partial charge is 0.126 e. The van der Waals surface area contributed by atoms with Gasteiger partial charge in [-0.15, -0.1) is 11.3 Å². The average Bonchev–Trinajstić information content (AvgIpc) is 2.99. The van der Waals surface area contributed by atoms with Crippen molar-refractivity contribution in [2.45, 2.75) is 19.4 Å². The lowest BCUT2D eigenvalue weighted by Gasteiger charge is -2.32. The number of piperidine rings is 1. The molecular formula is C16H19FN2OS. The van der Waals surface area contributed by atoms with Gasteiger partial charge in [0.2, 0.25) is 0 Å². The van der Waals surface area contributed by atoms with Crippen molar-refractivity contribution in [1.29, 1.82) is 0 Å². The van der Waals surface area contributed by atoms with E-state index in [4.69, 9.17) is 4.74 Å². The summed E-state index contributed by atoms with van der Waals surface area (Å²) in [5.74, 6) is 0.869. The fraction of sp³-hybridized carbons (Fsp3) is 0.438. The van der Waals surface area contributed by atoms with Gasteiger partial charge in [0, 0.05) is 30.5 Å². The van der Waals surface area contributed by atoms with E-state index in [1.165, 1.54) is 25.0 Å². The number of hydrogen-bond acceptors (Lipinski definition) is 4. The summed E-state index contributed by atoms with van der Waals surface area (Å²) in [4.78, 5) is 6.77. The van der Waals surface area contributed by atoms with Crippen LogP contribution in [-0.4, -0.2) is 29.6 Å². The molecule has 0 radical (unpaired) electrons. The van der Waals surface area contributed by atoms with E-state index in [0.29, 0.717) is 18.3 Å². The fourth-order valence-corrected chi connectivity index (χ4v) is 3.30. The summed E-state index contributed by atoms with van der Waals surface area (Å²) in [6.07, 6.45) is 2.35. The molecule has 1 unspecified atom stereocenters. The van der Waals surface area contributed by atoms with Crippen LogP contribution in [0.4, 0.5) is 4.39 Å². The van der Waals surface area contributed by atoms with Crippen LogP contribution in [0, 0.1) is 11.7 Å². The van der Waals surface area contributed by atoms with Crippen LogP contribution in [0.15, 0.2) is 35.2 Å². The maximum absolute atomic E-state index is 13.1. The Morgan fingerprint density at radius 3 is 3.19 bits per heavy atom. The van der Waals surface area contributed by atoms with Crippen LogP contribution in [0.3, 0.4) is 0 Å². The Hall–Kier alpha value is -1.46. The second-order valence-electron chi connectivity index (χ2n) is 5.49. The van der Waals surface area contributed by atoms with Gasteiger partial charge in [0.15, 0.2) is 0 Å². The van der Waals surface area contributed by atoms with Crippen molar-refractivity contribution in [3.05, 3.63) is 46.7 Å². The van der Waals surface area contributed by atoms with Crippen LogP contribution < -0.4 is 4.74 Å². The number of halogens is 1. The highest BCUT2D eigenvalue weighted by atomic mass is 32.1. The van der Waals surface area contributed by atoms with Gasteiger partial charge in [-0.25, -0.2) is 9.37 Å². The van der Waals surface area contributed by atoms with Crippen molar-refractivity contribution in [1.82, 2.24) is 9.88 Å². The number of benzene rings is 1. The lowest BCUT2D eigenvalue weighted by atomic mass is 9.99. The third kappa shape index (κ3) is 4.25. The number of aromatic nitrogens is 1. The molecular weight excluding hydrogens is 287 g/mol. The van der Waals surface area contributed by atoms with Crippen LogP contribution in [0.25, 0.3) is 0 Å². The van der Waals surface area contributed by atoms with Crippen molar-refractivity contribution in [2.75, 3.05) is 19.7 Å². The highest BCUT2D eigenvalue weighted by Crippen LogP contribution is 2.20. The lowest BCUT2D eigenvalue weighted by molar-refractivity contribution is 0.124. The molecule has 2 aromatic rings. The number of rotatable bonds is 5. The first kappa shape index (κ1) is 14.5. The molecule has 1 aliphatic heterocycles. The van der Waals surface area contributed by atoms with Crippen molar-refractivity contribution in [2.24, 2.45) is 5.92 Å². The van der Waals surface area contributed by atoms with E-state index < -0.39 is 0 Å². The molecule has 3 nitrogen and oxygen atoms in total. The zero-order valence-electron chi connectivity index (χ0n) is 11.9. The Bertz CT molecular complexity index is 561. The Kier molecular flexibility index (Phi) is 4.83. The monoisotopic (exact) mass is 306 g/mol. The Morgan fingerprint density at radius 1 is 1.43 bits per heavy atom. The van der Waals surface area contributed by atoms with E-state index in [0.717, 1.165) is 25.3 Å². The third-order valence-electron chi connectivity index (χ3n) is 3.75. The van der Waals surface area contributed by atoms with Gasteiger partial charge in [-0.2, -0.15) is 0 Å². The zero-order chi connectivity index (χ0) is 14.5.